The molecule has 4 rings (SSSR count). The number of halogens is 1. The van der Waals surface area contributed by atoms with Gasteiger partial charge in [-0.3, -0.25) is 4.79 Å². The average Bonchev–Trinajstić information content (AvgIpc) is 2.80. The largest absolute Gasteiger partial charge is 0.496 e. The van der Waals surface area contributed by atoms with Crippen molar-refractivity contribution >= 4 is 50.9 Å². The zero-order valence-corrected chi connectivity index (χ0v) is 20.2. The van der Waals surface area contributed by atoms with Crippen LogP contribution < -0.4 is 14.8 Å². The number of methoxy groups -OCH3 is 2. The summed E-state index contributed by atoms with van der Waals surface area (Å²) in [5.74, 6) is 0.331. The van der Waals surface area contributed by atoms with E-state index < -0.39 is 9.84 Å². The number of hydrogen-bond acceptors (Lipinski definition) is 6. The fourth-order valence-electron chi connectivity index (χ4n) is 3.38. The topological polar surface area (TPSA) is 81.7 Å². The van der Waals surface area contributed by atoms with Crippen LogP contribution in [0.4, 0.5) is 5.69 Å². The molecule has 0 fully saturated rings. The number of amides is 1. The molecule has 0 aromatic heterocycles. The Hall–Kier alpha value is -2.94. The van der Waals surface area contributed by atoms with Crippen LogP contribution in [0.25, 0.3) is 6.08 Å². The van der Waals surface area contributed by atoms with Crippen LogP contribution in [-0.4, -0.2) is 28.5 Å². The summed E-state index contributed by atoms with van der Waals surface area (Å²) < 4.78 is 37.2. The number of ether oxygens (including phenoxy) is 2. The van der Waals surface area contributed by atoms with Gasteiger partial charge >= 0.3 is 0 Å². The number of anilines is 1. The first kappa shape index (κ1) is 23.2. The Labute approximate surface area is 201 Å². The summed E-state index contributed by atoms with van der Waals surface area (Å²) in [6.45, 7) is 0. The Morgan fingerprint density at radius 1 is 1.00 bits per heavy atom. The Morgan fingerprint density at radius 3 is 2.30 bits per heavy atom. The zero-order chi connectivity index (χ0) is 23.6. The third-order valence-electron chi connectivity index (χ3n) is 5.04. The van der Waals surface area contributed by atoms with Crippen molar-refractivity contribution in [3.63, 3.8) is 0 Å². The molecule has 0 saturated heterocycles. The number of sulfone groups is 1. The molecule has 0 atom stereocenters. The molecule has 0 saturated carbocycles. The van der Waals surface area contributed by atoms with E-state index in [0.717, 1.165) is 5.56 Å². The second-order valence-electron chi connectivity index (χ2n) is 7.17. The molecule has 33 heavy (non-hydrogen) atoms. The van der Waals surface area contributed by atoms with Crippen LogP contribution in [0, 0.1) is 0 Å². The number of rotatable bonds is 6. The van der Waals surface area contributed by atoms with Crippen molar-refractivity contribution < 1.29 is 22.7 Å². The maximum atomic E-state index is 13.3. The monoisotopic (exact) mass is 501 g/mol. The minimum Gasteiger partial charge on any atom is -0.496 e. The van der Waals surface area contributed by atoms with E-state index in [9.17, 15) is 13.2 Å². The van der Waals surface area contributed by atoms with Gasteiger partial charge in [0.05, 0.1) is 41.0 Å². The van der Waals surface area contributed by atoms with E-state index in [4.69, 9.17) is 21.1 Å². The highest BCUT2D eigenvalue weighted by molar-refractivity contribution is 8.04. The van der Waals surface area contributed by atoms with E-state index in [1.54, 1.807) is 60.7 Å². The van der Waals surface area contributed by atoms with Crippen molar-refractivity contribution in [2.24, 2.45) is 0 Å². The predicted octanol–water partition coefficient (Wildman–Crippen LogP) is 5.42. The molecule has 1 amide bonds. The van der Waals surface area contributed by atoms with Crippen molar-refractivity contribution in [2.45, 2.75) is 15.5 Å². The van der Waals surface area contributed by atoms with Gasteiger partial charge in [-0.25, -0.2) is 8.42 Å². The van der Waals surface area contributed by atoms with Crippen molar-refractivity contribution in [3.05, 3.63) is 81.7 Å². The first-order chi connectivity index (χ1) is 15.8. The highest BCUT2D eigenvalue weighted by Gasteiger charge is 2.26. The van der Waals surface area contributed by atoms with Gasteiger partial charge in [0.2, 0.25) is 0 Å². The first-order valence-corrected chi connectivity index (χ1v) is 12.7. The van der Waals surface area contributed by atoms with Crippen LogP contribution in [-0.2, 0) is 20.4 Å². The van der Waals surface area contributed by atoms with Crippen LogP contribution in [0.1, 0.15) is 11.1 Å². The second-order valence-corrected chi connectivity index (χ2v) is 10.7. The maximum Gasteiger partial charge on any atom is 0.262 e. The standard InChI is InChI=1S/C24H20ClNO5S2/c1-30-20-4-3-5-21(31-2)18(20)14-33(28,29)17-10-11-19-22(13-17)32-23(24(27)26-19)12-15-6-8-16(25)9-7-15/h3-13H,14H2,1-2H3,(H,26,27)/b23-12-. The lowest BCUT2D eigenvalue weighted by atomic mass is 10.2. The number of thioether (sulfide) groups is 1. The van der Waals surface area contributed by atoms with E-state index in [2.05, 4.69) is 5.32 Å². The maximum absolute atomic E-state index is 13.3. The van der Waals surface area contributed by atoms with E-state index in [1.807, 2.05) is 0 Å². The first-order valence-electron chi connectivity index (χ1n) is 9.84. The number of carbonyl (C=O) groups excluding carboxylic acids is 1. The second kappa shape index (κ2) is 9.51. The van der Waals surface area contributed by atoms with Gasteiger partial charge in [0.1, 0.15) is 11.5 Å². The Bertz CT molecular complexity index is 1330. The third-order valence-corrected chi connectivity index (χ3v) is 8.01. The summed E-state index contributed by atoms with van der Waals surface area (Å²) in [5, 5.41) is 3.42. The van der Waals surface area contributed by atoms with Crippen LogP contribution in [0.2, 0.25) is 5.02 Å². The number of nitrogens with one attached hydrogen (secondary N) is 1. The van der Waals surface area contributed by atoms with E-state index in [-0.39, 0.29) is 16.6 Å². The smallest absolute Gasteiger partial charge is 0.262 e. The zero-order valence-electron chi connectivity index (χ0n) is 17.8. The van der Waals surface area contributed by atoms with Crippen LogP contribution in [0.15, 0.2) is 75.4 Å². The minimum absolute atomic E-state index is 0.142. The number of benzene rings is 3. The Kier molecular flexibility index (Phi) is 6.69. The van der Waals surface area contributed by atoms with Crippen LogP contribution >= 0.6 is 23.4 Å². The molecule has 0 radical (unpaired) electrons. The minimum atomic E-state index is -3.73. The molecular formula is C24H20ClNO5S2. The molecule has 3 aromatic carbocycles. The predicted molar refractivity (Wildman–Crippen MR) is 131 cm³/mol. The molecule has 0 bridgehead atoms. The SMILES string of the molecule is COc1cccc(OC)c1CS(=O)(=O)c1ccc2c(c1)S/C(=C\c1ccc(Cl)cc1)C(=O)N2. The highest BCUT2D eigenvalue weighted by atomic mass is 35.5. The highest BCUT2D eigenvalue weighted by Crippen LogP contribution is 2.41. The molecule has 6 nitrogen and oxygen atoms in total. The van der Waals surface area contributed by atoms with Crippen molar-refractivity contribution in [1.29, 1.82) is 0 Å². The van der Waals surface area contributed by atoms with Crippen molar-refractivity contribution in [2.75, 3.05) is 19.5 Å². The van der Waals surface area contributed by atoms with E-state index in [0.29, 0.717) is 37.6 Å². The summed E-state index contributed by atoms with van der Waals surface area (Å²) in [5.41, 5.74) is 1.82. The lowest BCUT2D eigenvalue weighted by molar-refractivity contribution is -0.112. The number of fused-ring (bicyclic) bond motifs is 1. The van der Waals surface area contributed by atoms with Gasteiger partial charge in [0.25, 0.3) is 5.91 Å². The molecule has 1 N–H and O–H groups in total. The van der Waals surface area contributed by atoms with Gasteiger partial charge in [-0.05, 0) is 54.1 Å². The van der Waals surface area contributed by atoms with Gasteiger partial charge in [-0.2, -0.15) is 0 Å². The number of hydrogen-bond donors (Lipinski definition) is 1. The van der Waals surface area contributed by atoms with Crippen molar-refractivity contribution in [3.8, 4) is 11.5 Å². The fourth-order valence-corrected chi connectivity index (χ4v) is 5.98. The van der Waals surface area contributed by atoms with Gasteiger partial charge in [0, 0.05) is 9.92 Å². The molecule has 1 aliphatic rings. The normalized spacial score (nSPS) is 14.5. The summed E-state index contributed by atoms with van der Waals surface area (Å²) >= 11 is 7.15. The summed E-state index contributed by atoms with van der Waals surface area (Å²) in [6.07, 6.45) is 1.74. The molecule has 1 heterocycles. The molecule has 9 heteroatoms. The molecule has 170 valence electrons. The summed E-state index contributed by atoms with van der Waals surface area (Å²) in [6, 6.07) is 16.9. The van der Waals surface area contributed by atoms with Gasteiger partial charge in [-0.1, -0.05) is 41.6 Å². The van der Waals surface area contributed by atoms with Crippen LogP contribution in [0.5, 0.6) is 11.5 Å². The van der Waals surface area contributed by atoms with Crippen LogP contribution in [0.3, 0.4) is 0 Å². The van der Waals surface area contributed by atoms with Crippen molar-refractivity contribution in [1.82, 2.24) is 0 Å². The lowest BCUT2D eigenvalue weighted by Gasteiger charge is -2.20. The summed E-state index contributed by atoms with van der Waals surface area (Å²) in [7, 11) is -0.759. The molecule has 1 aliphatic heterocycles. The number of carbonyl (C=O) groups is 1. The molecule has 0 unspecified atom stereocenters. The summed E-state index contributed by atoms with van der Waals surface area (Å²) in [4.78, 5) is 13.8. The average molecular weight is 502 g/mol. The lowest BCUT2D eigenvalue weighted by Crippen LogP contribution is -2.17. The fraction of sp³-hybridized carbons (Fsp3) is 0.125. The van der Waals surface area contributed by atoms with Gasteiger partial charge in [-0.15, -0.1) is 0 Å². The van der Waals surface area contributed by atoms with E-state index in [1.165, 1.54) is 32.0 Å². The van der Waals surface area contributed by atoms with Gasteiger partial charge < -0.3 is 14.8 Å². The molecule has 0 spiro atoms. The van der Waals surface area contributed by atoms with E-state index >= 15 is 0 Å². The molecule has 3 aromatic rings. The van der Waals surface area contributed by atoms with Gasteiger partial charge in [0.15, 0.2) is 9.84 Å². The third kappa shape index (κ3) is 5.03. The molecule has 0 aliphatic carbocycles. The Balaban J connectivity index is 1.66. The molecular weight excluding hydrogens is 482 g/mol. The Morgan fingerprint density at radius 2 is 1.67 bits per heavy atom. The quantitative estimate of drug-likeness (QED) is 0.454.